The average molecular weight is 325 g/mol. The highest BCUT2D eigenvalue weighted by Crippen LogP contribution is 2.40. The molecule has 0 saturated carbocycles. The molecule has 0 N–H and O–H groups in total. The van der Waals surface area contributed by atoms with E-state index < -0.39 is 0 Å². The summed E-state index contributed by atoms with van der Waals surface area (Å²) in [6.07, 6.45) is 3.15. The summed E-state index contributed by atoms with van der Waals surface area (Å²) in [5.74, 6) is 1.63. The first-order chi connectivity index (χ1) is 11.8. The van der Waals surface area contributed by atoms with Crippen LogP contribution < -0.4 is 9.47 Å². The molecule has 2 aromatic rings. The van der Waals surface area contributed by atoms with Crippen LogP contribution in [0.3, 0.4) is 0 Å². The van der Waals surface area contributed by atoms with Crippen LogP contribution in [0.15, 0.2) is 35.5 Å². The van der Waals surface area contributed by atoms with Crippen molar-refractivity contribution in [3.63, 3.8) is 0 Å². The highest BCUT2D eigenvalue weighted by atomic mass is 16.7. The van der Waals surface area contributed by atoms with Crippen molar-refractivity contribution < 1.29 is 9.47 Å². The van der Waals surface area contributed by atoms with Crippen molar-refractivity contribution in [2.75, 3.05) is 33.0 Å². The summed E-state index contributed by atoms with van der Waals surface area (Å²) < 4.78 is 13.2. The fourth-order valence-corrected chi connectivity index (χ4v) is 3.43. The van der Waals surface area contributed by atoms with Crippen molar-refractivity contribution >= 4 is 5.71 Å². The molecule has 0 spiro atoms. The highest BCUT2D eigenvalue weighted by Gasteiger charge is 2.28. The number of aliphatic imine (C=N–C) groups is 1. The van der Waals surface area contributed by atoms with Gasteiger partial charge in [0.2, 0.25) is 6.79 Å². The number of rotatable bonds is 6. The van der Waals surface area contributed by atoms with Gasteiger partial charge in [0.25, 0.3) is 0 Å². The first-order valence-electron chi connectivity index (χ1n) is 8.70. The van der Waals surface area contributed by atoms with Crippen molar-refractivity contribution in [3.8, 4) is 17.2 Å². The summed E-state index contributed by atoms with van der Waals surface area (Å²) in [5.41, 5.74) is 4.48. The smallest absolute Gasteiger partial charge is 0.231 e. The minimum Gasteiger partial charge on any atom is -0.454 e. The monoisotopic (exact) mass is 325 g/mol. The average Bonchev–Trinajstić information content (AvgIpc) is 3.30. The van der Waals surface area contributed by atoms with Gasteiger partial charge in [-0.05, 0) is 44.3 Å². The van der Waals surface area contributed by atoms with Gasteiger partial charge < -0.3 is 18.9 Å². The Labute approximate surface area is 142 Å². The summed E-state index contributed by atoms with van der Waals surface area (Å²) in [4.78, 5) is 7.35. The van der Waals surface area contributed by atoms with Gasteiger partial charge in [-0.15, -0.1) is 0 Å². The number of hydrogen-bond donors (Lipinski definition) is 0. The van der Waals surface area contributed by atoms with Crippen LogP contribution in [0.5, 0.6) is 11.5 Å². The van der Waals surface area contributed by atoms with Crippen molar-refractivity contribution in [3.05, 3.63) is 41.7 Å². The molecule has 1 aromatic heterocycles. The maximum atomic E-state index is 5.54. The molecule has 4 rings (SSSR count). The maximum absolute atomic E-state index is 5.54. The van der Waals surface area contributed by atoms with E-state index in [-0.39, 0.29) is 0 Å². The third kappa shape index (κ3) is 2.49. The summed E-state index contributed by atoms with van der Waals surface area (Å²) in [6.45, 7) is 8.84. The van der Waals surface area contributed by atoms with Crippen LogP contribution in [0, 0.1) is 0 Å². The molecule has 0 unspecified atom stereocenters. The van der Waals surface area contributed by atoms with Crippen LogP contribution in [0.1, 0.15) is 31.5 Å². The van der Waals surface area contributed by atoms with Crippen LogP contribution in [-0.2, 0) is 0 Å². The fourth-order valence-electron chi connectivity index (χ4n) is 3.43. The molecule has 0 radical (unpaired) electrons. The topological polar surface area (TPSA) is 39.0 Å². The third-order valence-corrected chi connectivity index (χ3v) is 4.79. The van der Waals surface area contributed by atoms with Gasteiger partial charge in [0, 0.05) is 24.4 Å². The first kappa shape index (κ1) is 15.3. The Bertz CT molecular complexity index is 775. The van der Waals surface area contributed by atoms with Crippen molar-refractivity contribution in [1.29, 1.82) is 0 Å². The second-order valence-electron chi connectivity index (χ2n) is 6.10. The zero-order valence-electron chi connectivity index (χ0n) is 14.3. The molecular formula is C19H23N3O2. The fraction of sp³-hybridized carbons (Fsp3) is 0.421. The Balaban J connectivity index is 1.59. The summed E-state index contributed by atoms with van der Waals surface area (Å²) in [6, 6.07) is 8.30. The minimum atomic E-state index is 0.299. The largest absolute Gasteiger partial charge is 0.454 e. The molecule has 0 atom stereocenters. The quantitative estimate of drug-likeness (QED) is 0.654. The lowest BCUT2D eigenvalue weighted by atomic mass is 10.1. The van der Waals surface area contributed by atoms with Gasteiger partial charge in [0.1, 0.15) is 0 Å². The number of aromatic nitrogens is 1. The standard InChI is InChI=1S/C19H23N3O2/c1-3-21(4-2)9-6-8-20-19-14-11-17-18(24-13-23-17)12-16(14)22-10-5-7-15(19)22/h5,7,10-12H,3-4,6,8-9,13H2,1-2H3. The molecule has 1 aromatic carbocycles. The second kappa shape index (κ2) is 6.32. The Morgan fingerprint density at radius 1 is 1.17 bits per heavy atom. The second-order valence-corrected chi connectivity index (χ2v) is 6.10. The Kier molecular flexibility index (Phi) is 4.02. The highest BCUT2D eigenvalue weighted by molar-refractivity contribution is 6.17. The lowest BCUT2D eigenvalue weighted by Crippen LogP contribution is -2.24. The van der Waals surface area contributed by atoms with E-state index in [2.05, 4.69) is 53.8 Å². The Hall–Kier alpha value is -2.27. The van der Waals surface area contributed by atoms with E-state index in [0.29, 0.717) is 6.79 Å². The molecule has 3 heterocycles. The van der Waals surface area contributed by atoms with E-state index >= 15 is 0 Å². The predicted octanol–water partition coefficient (Wildman–Crippen LogP) is 3.09. The zero-order chi connectivity index (χ0) is 16.5. The van der Waals surface area contributed by atoms with E-state index in [1.165, 1.54) is 0 Å². The molecular weight excluding hydrogens is 302 g/mol. The molecule has 0 amide bonds. The van der Waals surface area contributed by atoms with Gasteiger partial charge in [0.15, 0.2) is 11.5 Å². The van der Waals surface area contributed by atoms with Crippen LogP contribution in [0.25, 0.3) is 5.69 Å². The Morgan fingerprint density at radius 3 is 2.75 bits per heavy atom. The molecule has 0 fully saturated rings. The van der Waals surface area contributed by atoms with Gasteiger partial charge in [-0.25, -0.2) is 0 Å². The van der Waals surface area contributed by atoms with Gasteiger partial charge >= 0.3 is 0 Å². The maximum Gasteiger partial charge on any atom is 0.231 e. The molecule has 0 aliphatic carbocycles. The molecule has 0 bridgehead atoms. The number of benzene rings is 1. The van der Waals surface area contributed by atoms with Crippen LogP contribution >= 0.6 is 0 Å². The van der Waals surface area contributed by atoms with E-state index in [1.54, 1.807) is 0 Å². The number of ether oxygens (including phenoxy) is 2. The molecule has 126 valence electrons. The SMILES string of the molecule is CCN(CC)CCCN=C1c2cc3c(cc2-n2cccc21)OCO3. The van der Waals surface area contributed by atoms with Crippen molar-refractivity contribution in [2.24, 2.45) is 4.99 Å². The van der Waals surface area contributed by atoms with Gasteiger partial charge in [0.05, 0.1) is 17.1 Å². The first-order valence-corrected chi connectivity index (χ1v) is 8.70. The molecule has 24 heavy (non-hydrogen) atoms. The van der Waals surface area contributed by atoms with Crippen molar-refractivity contribution in [1.82, 2.24) is 9.47 Å². The predicted molar refractivity (Wildman–Crippen MR) is 94.8 cm³/mol. The molecule has 5 nitrogen and oxygen atoms in total. The zero-order valence-corrected chi connectivity index (χ0v) is 14.3. The number of fused-ring (bicyclic) bond motifs is 4. The lowest BCUT2D eigenvalue weighted by molar-refractivity contribution is 0.174. The third-order valence-electron chi connectivity index (χ3n) is 4.79. The van der Waals surface area contributed by atoms with Crippen LogP contribution in [0.2, 0.25) is 0 Å². The lowest BCUT2D eigenvalue weighted by Gasteiger charge is -2.16. The molecule has 2 aliphatic rings. The summed E-state index contributed by atoms with van der Waals surface area (Å²) >= 11 is 0. The van der Waals surface area contributed by atoms with Crippen molar-refractivity contribution in [2.45, 2.75) is 20.3 Å². The van der Waals surface area contributed by atoms with E-state index in [9.17, 15) is 0 Å². The number of nitrogens with zero attached hydrogens (tertiary/aromatic N) is 3. The van der Waals surface area contributed by atoms with E-state index in [4.69, 9.17) is 14.5 Å². The number of hydrogen-bond acceptors (Lipinski definition) is 4. The summed E-state index contributed by atoms with van der Waals surface area (Å²) in [7, 11) is 0. The van der Waals surface area contributed by atoms with Gasteiger partial charge in [-0.1, -0.05) is 13.8 Å². The van der Waals surface area contributed by atoms with E-state index in [1.807, 2.05) is 0 Å². The minimum absolute atomic E-state index is 0.299. The van der Waals surface area contributed by atoms with E-state index in [0.717, 1.165) is 66.8 Å². The van der Waals surface area contributed by atoms with Crippen LogP contribution in [-0.4, -0.2) is 48.2 Å². The molecule has 0 saturated heterocycles. The Morgan fingerprint density at radius 2 is 1.96 bits per heavy atom. The van der Waals surface area contributed by atoms with Gasteiger partial charge in [-0.2, -0.15) is 0 Å². The normalized spacial score (nSPS) is 16.0. The molecule has 5 heteroatoms. The molecule has 2 aliphatic heterocycles. The van der Waals surface area contributed by atoms with Crippen LogP contribution in [0.4, 0.5) is 0 Å². The van der Waals surface area contributed by atoms with Gasteiger partial charge in [-0.3, -0.25) is 4.99 Å². The summed E-state index contributed by atoms with van der Waals surface area (Å²) in [5, 5.41) is 0.